The summed E-state index contributed by atoms with van der Waals surface area (Å²) >= 11 is 5.98. The van der Waals surface area contributed by atoms with Gasteiger partial charge in [-0.15, -0.1) is 6.58 Å². The van der Waals surface area contributed by atoms with Gasteiger partial charge in [-0.2, -0.15) is 5.26 Å². The predicted molar refractivity (Wildman–Crippen MR) is 144 cm³/mol. The van der Waals surface area contributed by atoms with Crippen LogP contribution in [0.2, 0.25) is 5.02 Å². The van der Waals surface area contributed by atoms with E-state index in [1.165, 1.54) is 0 Å². The number of halogens is 1. The van der Waals surface area contributed by atoms with Crippen molar-refractivity contribution in [1.82, 2.24) is 5.32 Å². The van der Waals surface area contributed by atoms with Crippen LogP contribution in [0, 0.1) is 11.3 Å². The van der Waals surface area contributed by atoms with Gasteiger partial charge in [0.2, 0.25) is 0 Å². The Bertz CT molecular complexity index is 1260. The SMILES string of the molecule is C=CCc1cc(/C=C(/C#N)C(=O)N[C@H](C)c2ccccc2)cc(OCC)c1OCc1ccc(Cl)cc1. The van der Waals surface area contributed by atoms with E-state index in [9.17, 15) is 10.1 Å². The van der Waals surface area contributed by atoms with E-state index >= 15 is 0 Å². The fourth-order valence-electron chi connectivity index (χ4n) is 3.65. The number of nitriles is 1. The smallest absolute Gasteiger partial charge is 0.262 e. The second-order valence-electron chi connectivity index (χ2n) is 8.12. The van der Waals surface area contributed by atoms with Gasteiger partial charge in [0.15, 0.2) is 11.5 Å². The normalized spacial score (nSPS) is 11.8. The Morgan fingerprint density at radius 3 is 2.50 bits per heavy atom. The molecule has 6 heteroatoms. The Hall–Kier alpha value is -4.01. The zero-order valence-electron chi connectivity index (χ0n) is 20.5. The quantitative estimate of drug-likeness (QED) is 0.178. The van der Waals surface area contributed by atoms with Gasteiger partial charge in [-0.3, -0.25) is 4.79 Å². The lowest BCUT2D eigenvalue weighted by Crippen LogP contribution is -2.27. The molecule has 0 saturated carbocycles. The van der Waals surface area contributed by atoms with E-state index in [-0.39, 0.29) is 11.6 Å². The lowest BCUT2D eigenvalue weighted by molar-refractivity contribution is -0.117. The van der Waals surface area contributed by atoms with Crippen molar-refractivity contribution in [2.75, 3.05) is 6.61 Å². The third kappa shape index (κ3) is 7.24. The summed E-state index contributed by atoms with van der Waals surface area (Å²) in [5, 5.41) is 13.3. The van der Waals surface area contributed by atoms with Crippen LogP contribution in [0.4, 0.5) is 0 Å². The molecule has 0 aromatic heterocycles. The van der Waals surface area contributed by atoms with Crippen molar-refractivity contribution in [1.29, 1.82) is 5.26 Å². The molecule has 0 unspecified atom stereocenters. The first kappa shape index (κ1) is 26.6. The minimum atomic E-state index is -0.444. The summed E-state index contributed by atoms with van der Waals surface area (Å²) in [5.74, 6) is 0.692. The number of carbonyl (C=O) groups is 1. The summed E-state index contributed by atoms with van der Waals surface area (Å²) in [4.78, 5) is 12.9. The number of ether oxygens (including phenoxy) is 2. The molecule has 0 aliphatic rings. The molecule has 3 aromatic rings. The summed E-state index contributed by atoms with van der Waals surface area (Å²) in [5.41, 5.74) is 3.42. The first-order valence-corrected chi connectivity index (χ1v) is 12.1. The number of amides is 1. The molecule has 0 radical (unpaired) electrons. The number of nitrogens with one attached hydrogen (secondary N) is 1. The fraction of sp³-hybridized carbons (Fsp3) is 0.200. The van der Waals surface area contributed by atoms with Crippen LogP contribution in [0.3, 0.4) is 0 Å². The van der Waals surface area contributed by atoms with E-state index in [1.54, 1.807) is 18.2 Å². The first-order chi connectivity index (χ1) is 17.4. The number of carbonyl (C=O) groups excluding carboxylic acids is 1. The Balaban J connectivity index is 1.89. The van der Waals surface area contributed by atoms with Crippen molar-refractivity contribution in [3.8, 4) is 17.6 Å². The van der Waals surface area contributed by atoms with Crippen LogP contribution in [0.15, 0.2) is 85.0 Å². The van der Waals surface area contributed by atoms with Crippen molar-refractivity contribution >= 4 is 23.6 Å². The van der Waals surface area contributed by atoms with Gasteiger partial charge in [0, 0.05) is 10.6 Å². The van der Waals surface area contributed by atoms with Crippen molar-refractivity contribution in [2.24, 2.45) is 0 Å². The Morgan fingerprint density at radius 2 is 1.86 bits per heavy atom. The summed E-state index contributed by atoms with van der Waals surface area (Å²) < 4.78 is 12.0. The fourth-order valence-corrected chi connectivity index (χ4v) is 3.78. The average molecular weight is 501 g/mol. The van der Waals surface area contributed by atoms with E-state index in [1.807, 2.05) is 80.6 Å². The van der Waals surface area contributed by atoms with E-state index < -0.39 is 5.91 Å². The number of hydrogen-bond donors (Lipinski definition) is 1. The molecule has 0 spiro atoms. The molecule has 0 aliphatic carbocycles. The zero-order chi connectivity index (χ0) is 25.9. The lowest BCUT2D eigenvalue weighted by Gasteiger charge is -2.17. The van der Waals surface area contributed by atoms with Crippen molar-refractivity contribution < 1.29 is 14.3 Å². The minimum Gasteiger partial charge on any atom is -0.490 e. The van der Waals surface area contributed by atoms with Crippen molar-refractivity contribution in [3.05, 3.63) is 112 Å². The van der Waals surface area contributed by atoms with Crippen LogP contribution in [0.5, 0.6) is 11.5 Å². The predicted octanol–water partition coefficient (Wildman–Crippen LogP) is 6.83. The lowest BCUT2D eigenvalue weighted by atomic mass is 10.0. The highest BCUT2D eigenvalue weighted by Gasteiger charge is 2.17. The summed E-state index contributed by atoms with van der Waals surface area (Å²) in [7, 11) is 0. The third-order valence-electron chi connectivity index (χ3n) is 5.44. The number of benzene rings is 3. The van der Waals surface area contributed by atoms with Gasteiger partial charge in [-0.1, -0.05) is 60.1 Å². The van der Waals surface area contributed by atoms with Crippen molar-refractivity contribution in [2.45, 2.75) is 32.9 Å². The number of allylic oxidation sites excluding steroid dienone is 1. The molecule has 0 heterocycles. The molecular weight excluding hydrogens is 472 g/mol. The standard InChI is InChI=1S/C30H29ClN2O3/c1-4-9-25-16-23(17-26(19-32)30(34)33-21(3)24-10-7-6-8-11-24)18-28(35-5-2)29(25)36-20-22-12-14-27(31)15-13-22/h4,6-8,10-18,21H,1,5,9,20H2,2-3H3,(H,33,34)/b26-17-/t21-/m1/s1. The van der Waals surface area contributed by atoms with E-state index in [0.29, 0.717) is 41.7 Å². The van der Waals surface area contributed by atoms with E-state index in [0.717, 1.165) is 16.7 Å². The summed E-state index contributed by atoms with van der Waals surface area (Å²) in [6.45, 7) is 8.38. The van der Waals surface area contributed by atoms with Gasteiger partial charge in [0.25, 0.3) is 5.91 Å². The largest absolute Gasteiger partial charge is 0.490 e. The first-order valence-electron chi connectivity index (χ1n) is 11.7. The molecule has 1 atom stereocenters. The van der Waals surface area contributed by atoms with Gasteiger partial charge in [-0.05, 0) is 67.3 Å². The average Bonchev–Trinajstić information content (AvgIpc) is 2.88. The Morgan fingerprint density at radius 1 is 1.14 bits per heavy atom. The maximum absolute atomic E-state index is 12.9. The van der Waals surface area contributed by atoms with Gasteiger partial charge in [-0.25, -0.2) is 0 Å². The highest BCUT2D eigenvalue weighted by Crippen LogP contribution is 2.35. The van der Waals surface area contributed by atoms with Crippen LogP contribution in [0.1, 0.15) is 42.1 Å². The second-order valence-corrected chi connectivity index (χ2v) is 8.56. The molecule has 184 valence electrons. The Kier molecular flexibility index (Phi) is 9.73. The number of hydrogen-bond acceptors (Lipinski definition) is 4. The molecule has 0 bridgehead atoms. The molecule has 1 amide bonds. The molecule has 0 fully saturated rings. The Labute approximate surface area is 217 Å². The molecule has 3 aromatic carbocycles. The highest BCUT2D eigenvalue weighted by molar-refractivity contribution is 6.30. The summed E-state index contributed by atoms with van der Waals surface area (Å²) in [6, 6.07) is 22.5. The second kappa shape index (κ2) is 13.2. The molecule has 36 heavy (non-hydrogen) atoms. The maximum atomic E-state index is 12.9. The van der Waals surface area contributed by atoms with Gasteiger partial charge in [0.1, 0.15) is 18.2 Å². The zero-order valence-corrected chi connectivity index (χ0v) is 21.2. The highest BCUT2D eigenvalue weighted by atomic mass is 35.5. The third-order valence-corrected chi connectivity index (χ3v) is 5.69. The van der Waals surface area contributed by atoms with Crippen LogP contribution in [-0.2, 0) is 17.8 Å². The number of nitrogens with zero attached hydrogens (tertiary/aromatic N) is 1. The molecule has 0 aliphatic heterocycles. The van der Waals surface area contributed by atoms with Gasteiger partial charge < -0.3 is 14.8 Å². The van der Waals surface area contributed by atoms with Crippen LogP contribution < -0.4 is 14.8 Å². The summed E-state index contributed by atoms with van der Waals surface area (Å²) in [6.07, 6.45) is 3.86. The molecule has 3 rings (SSSR count). The topological polar surface area (TPSA) is 71.4 Å². The monoisotopic (exact) mass is 500 g/mol. The molecular formula is C30H29ClN2O3. The van der Waals surface area contributed by atoms with E-state index in [4.69, 9.17) is 21.1 Å². The van der Waals surface area contributed by atoms with E-state index in [2.05, 4.69) is 11.9 Å². The van der Waals surface area contributed by atoms with Crippen LogP contribution >= 0.6 is 11.6 Å². The molecule has 0 saturated heterocycles. The minimum absolute atomic E-state index is 0.000356. The maximum Gasteiger partial charge on any atom is 0.262 e. The number of rotatable bonds is 11. The van der Waals surface area contributed by atoms with Crippen LogP contribution in [-0.4, -0.2) is 12.5 Å². The van der Waals surface area contributed by atoms with Gasteiger partial charge in [0.05, 0.1) is 12.6 Å². The molecule has 5 nitrogen and oxygen atoms in total. The van der Waals surface area contributed by atoms with Crippen LogP contribution in [0.25, 0.3) is 6.08 Å². The van der Waals surface area contributed by atoms with Crippen molar-refractivity contribution in [3.63, 3.8) is 0 Å². The van der Waals surface area contributed by atoms with Gasteiger partial charge >= 0.3 is 0 Å². The molecule has 1 N–H and O–H groups in total.